The Labute approximate surface area is 110 Å². The molecule has 0 aliphatic rings. The number of nitrogens with zero attached hydrogens (tertiary/aromatic N) is 2. The van der Waals surface area contributed by atoms with Crippen molar-refractivity contribution in [3.63, 3.8) is 0 Å². The maximum Gasteiger partial charge on any atom is 0.337 e. The number of methoxy groups -OCH3 is 1. The zero-order chi connectivity index (χ0) is 13.7. The molecule has 1 aromatic heterocycles. The second kappa shape index (κ2) is 5.86. The lowest BCUT2D eigenvalue weighted by atomic mass is 10.2. The molecular formula is C14H14N2O3. The molecule has 0 aliphatic heterocycles. The van der Waals surface area contributed by atoms with E-state index in [2.05, 4.69) is 5.16 Å². The smallest absolute Gasteiger partial charge is 0.337 e. The van der Waals surface area contributed by atoms with Crippen LogP contribution in [0.2, 0.25) is 0 Å². The Morgan fingerprint density at radius 2 is 2.26 bits per heavy atom. The van der Waals surface area contributed by atoms with Crippen LogP contribution in [0.4, 0.5) is 0 Å². The average molecular weight is 258 g/mol. The van der Waals surface area contributed by atoms with Gasteiger partial charge in [-0.25, -0.2) is 4.79 Å². The number of esters is 1. The number of aromatic nitrogens is 1. The molecule has 0 unspecified atom stereocenters. The number of carbonyl (C=O) groups is 1. The van der Waals surface area contributed by atoms with Crippen LogP contribution in [-0.2, 0) is 11.2 Å². The van der Waals surface area contributed by atoms with E-state index >= 15 is 0 Å². The molecular weight excluding hydrogens is 244 g/mol. The van der Waals surface area contributed by atoms with Crippen LogP contribution >= 0.6 is 0 Å². The molecule has 0 bridgehead atoms. The summed E-state index contributed by atoms with van der Waals surface area (Å²) in [7, 11) is 1.35. The topological polar surface area (TPSA) is 63.8 Å². The summed E-state index contributed by atoms with van der Waals surface area (Å²) in [5, 5.41) is 11.5. The SMILES string of the molecule is COC(=O)c1cccc(-n2cccc2C/C=N/O)c1. The normalized spacial score (nSPS) is 10.8. The van der Waals surface area contributed by atoms with Crippen molar-refractivity contribution in [3.05, 3.63) is 53.9 Å². The molecule has 5 nitrogen and oxygen atoms in total. The molecule has 2 rings (SSSR count). The molecule has 0 atom stereocenters. The first-order valence-corrected chi connectivity index (χ1v) is 5.77. The monoisotopic (exact) mass is 258 g/mol. The Morgan fingerprint density at radius 1 is 1.42 bits per heavy atom. The van der Waals surface area contributed by atoms with Gasteiger partial charge in [-0.05, 0) is 30.3 Å². The molecule has 0 spiro atoms. The molecule has 1 aromatic carbocycles. The van der Waals surface area contributed by atoms with E-state index in [4.69, 9.17) is 9.94 Å². The first-order chi connectivity index (χ1) is 9.26. The van der Waals surface area contributed by atoms with E-state index in [1.807, 2.05) is 29.0 Å². The molecule has 2 aromatic rings. The first-order valence-electron chi connectivity index (χ1n) is 5.77. The maximum absolute atomic E-state index is 11.5. The van der Waals surface area contributed by atoms with Gasteiger partial charge in [0.25, 0.3) is 0 Å². The Balaban J connectivity index is 2.36. The van der Waals surface area contributed by atoms with Crippen LogP contribution < -0.4 is 0 Å². The zero-order valence-corrected chi connectivity index (χ0v) is 10.5. The van der Waals surface area contributed by atoms with Gasteiger partial charge in [0.15, 0.2) is 0 Å². The Morgan fingerprint density at radius 3 is 3.00 bits per heavy atom. The lowest BCUT2D eigenvalue weighted by molar-refractivity contribution is 0.0600. The van der Waals surface area contributed by atoms with Gasteiger partial charge in [-0.2, -0.15) is 0 Å². The van der Waals surface area contributed by atoms with Gasteiger partial charge in [0.2, 0.25) is 0 Å². The molecule has 0 radical (unpaired) electrons. The summed E-state index contributed by atoms with van der Waals surface area (Å²) in [6.45, 7) is 0. The highest BCUT2D eigenvalue weighted by Gasteiger charge is 2.08. The number of hydrogen-bond acceptors (Lipinski definition) is 4. The fourth-order valence-electron chi connectivity index (χ4n) is 1.87. The number of oxime groups is 1. The van der Waals surface area contributed by atoms with E-state index in [0.717, 1.165) is 11.4 Å². The van der Waals surface area contributed by atoms with Crippen molar-refractivity contribution < 1.29 is 14.7 Å². The Hall–Kier alpha value is -2.56. The van der Waals surface area contributed by atoms with Crippen molar-refractivity contribution in [2.45, 2.75) is 6.42 Å². The summed E-state index contributed by atoms with van der Waals surface area (Å²) < 4.78 is 6.63. The predicted molar refractivity (Wildman–Crippen MR) is 71.1 cm³/mol. The van der Waals surface area contributed by atoms with Crippen LogP contribution in [0.25, 0.3) is 5.69 Å². The van der Waals surface area contributed by atoms with Crippen molar-refractivity contribution in [3.8, 4) is 5.69 Å². The van der Waals surface area contributed by atoms with Gasteiger partial charge >= 0.3 is 5.97 Å². The number of benzene rings is 1. The molecule has 0 aliphatic carbocycles. The average Bonchev–Trinajstić information content (AvgIpc) is 2.92. The minimum absolute atomic E-state index is 0.368. The van der Waals surface area contributed by atoms with E-state index in [1.165, 1.54) is 13.3 Å². The highest BCUT2D eigenvalue weighted by molar-refractivity contribution is 5.89. The van der Waals surface area contributed by atoms with Crippen LogP contribution in [-0.4, -0.2) is 29.1 Å². The molecule has 0 fully saturated rings. The van der Waals surface area contributed by atoms with Gasteiger partial charge in [0.1, 0.15) is 0 Å². The molecule has 0 saturated heterocycles. The van der Waals surface area contributed by atoms with Crippen LogP contribution in [0, 0.1) is 0 Å². The lowest BCUT2D eigenvalue weighted by Gasteiger charge is -2.09. The molecule has 5 heteroatoms. The second-order valence-corrected chi connectivity index (χ2v) is 3.91. The fourth-order valence-corrected chi connectivity index (χ4v) is 1.87. The number of ether oxygens (including phenoxy) is 1. The van der Waals surface area contributed by atoms with Gasteiger partial charge in [0.05, 0.1) is 12.7 Å². The van der Waals surface area contributed by atoms with Crippen LogP contribution in [0.5, 0.6) is 0 Å². The van der Waals surface area contributed by atoms with Crippen molar-refractivity contribution in [1.29, 1.82) is 0 Å². The zero-order valence-electron chi connectivity index (χ0n) is 10.5. The molecule has 1 N–H and O–H groups in total. The van der Waals surface area contributed by atoms with Crippen LogP contribution in [0.1, 0.15) is 16.1 Å². The van der Waals surface area contributed by atoms with Crippen molar-refractivity contribution in [2.75, 3.05) is 7.11 Å². The number of hydrogen-bond donors (Lipinski definition) is 1. The second-order valence-electron chi connectivity index (χ2n) is 3.91. The van der Waals surface area contributed by atoms with E-state index in [1.54, 1.807) is 18.2 Å². The molecule has 1 heterocycles. The highest BCUT2D eigenvalue weighted by Crippen LogP contribution is 2.15. The minimum Gasteiger partial charge on any atom is -0.465 e. The molecule has 0 amide bonds. The van der Waals surface area contributed by atoms with Gasteiger partial charge < -0.3 is 14.5 Å². The Kier molecular flexibility index (Phi) is 3.97. The summed E-state index contributed by atoms with van der Waals surface area (Å²) in [6.07, 6.45) is 3.80. The van der Waals surface area contributed by atoms with E-state index < -0.39 is 0 Å². The van der Waals surface area contributed by atoms with Gasteiger partial charge in [-0.1, -0.05) is 6.07 Å². The lowest BCUT2D eigenvalue weighted by Crippen LogP contribution is -2.04. The quantitative estimate of drug-likeness (QED) is 0.396. The largest absolute Gasteiger partial charge is 0.465 e. The fraction of sp³-hybridized carbons (Fsp3) is 0.143. The summed E-state index contributed by atoms with van der Waals surface area (Å²) >= 11 is 0. The Bertz CT molecular complexity index is 602. The summed E-state index contributed by atoms with van der Waals surface area (Å²) in [4.78, 5) is 11.5. The summed E-state index contributed by atoms with van der Waals surface area (Å²) in [6, 6.07) is 11.0. The number of carbonyl (C=O) groups excluding carboxylic acids is 1. The van der Waals surface area contributed by atoms with Gasteiger partial charge in [-0.15, -0.1) is 5.16 Å². The van der Waals surface area contributed by atoms with Crippen molar-refractivity contribution in [1.82, 2.24) is 4.57 Å². The van der Waals surface area contributed by atoms with Gasteiger partial charge in [0, 0.05) is 30.2 Å². The third kappa shape index (κ3) is 2.82. The van der Waals surface area contributed by atoms with Crippen molar-refractivity contribution >= 4 is 12.2 Å². The predicted octanol–water partition coefficient (Wildman–Crippen LogP) is 2.27. The van der Waals surface area contributed by atoms with Gasteiger partial charge in [-0.3, -0.25) is 0 Å². The summed E-state index contributed by atoms with van der Waals surface area (Å²) in [5.41, 5.74) is 2.31. The third-order valence-electron chi connectivity index (χ3n) is 2.76. The highest BCUT2D eigenvalue weighted by atomic mass is 16.5. The molecule has 98 valence electrons. The third-order valence-corrected chi connectivity index (χ3v) is 2.76. The van der Waals surface area contributed by atoms with E-state index in [9.17, 15) is 4.79 Å². The summed E-state index contributed by atoms with van der Waals surface area (Å²) in [5.74, 6) is -0.368. The van der Waals surface area contributed by atoms with Crippen LogP contribution in [0.15, 0.2) is 47.8 Å². The van der Waals surface area contributed by atoms with E-state index in [0.29, 0.717) is 12.0 Å². The number of rotatable bonds is 4. The maximum atomic E-state index is 11.5. The minimum atomic E-state index is -0.368. The van der Waals surface area contributed by atoms with Crippen LogP contribution in [0.3, 0.4) is 0 Å². The molecule has 19 heavy (non-hydrogen) atoms. The first kappa shape index (κ1) is 12.9. The van der Waals surface area contributed by atoms with E-state index in [-0.39, 0.29) is 5.97 Å². The molecule has 0 saturated carbocycles. The standard InChI is InChI=1S/C14H14N2O3/c1-19-14(17)11-4-2-5-13(10-11)16-9-3-6-12(16)7-8-15-18/h2-6,8-10,18H,7H2,1H3/b15-8+. The van der Waals surface area contributed by atoms with Crippen molar-refractivity contribution in [2.24, 2.45) is 5.16 Å².